The molecule has 1 rings (SSSR count). The predicted octanol–water partition coefficient (Wildman–Crippen LogP) is 3.90. The minimum absolute atomic E-state index is 0.0472. The minimum atomic E-state index is -0.719. The highest BCUT2D eigenvalue weighted by Gasteiger charge is 2.28. The van der Waals surface area contributed by atoms with E-state index < -0.39 is 17.9 Å². The van der Waals surface area contributed by atoms with Crippen molar-refractivity contribution in [1.82, 2.24) is 5.32 Å². The number of Topliss-reactive ketones (excluding diaryl/α,β-unsaturated/α-hetero) is 1. The highest BCUT2D eigenvalue weighted by molar-refractivity contribution is 5.92. The molecule has 1 amide bonds. The molecule has 6 nitrogen and oxygen atoms in total. The van der Waals surface area contributed by atoms with Gasteiger partial charge >= 0.3 is 5.97 Å². The van der Waals surface area contributed by atoms with Crippen molar-refractivity contribution >= 4 is 17.7 Å². The smallest absolute Gasteiger partial charge is 0.312 e. The van der Waals surface area contributed by atoms with Gasteiger partial charge in [-0.15, -0.1) is 6.58 Å². The number of ketones is 1. The SMILES string of the molecule is C=CCOc1ccc(C[C@H](C)C(=O)N[C@@H](CC(C)C)C(=O)C[C@@H](C=C)C(=O)OC)cc1. The van der Waals surface area contributed by atoms with Gasteiger partial charge in [0.05, 0.1) is 19.1 Å². The molecular formula is C25H35NO5. The van der Waals surface area contributed by atoms with E-state index in [2.05, 4.69) is 18.5 Å². The summed E-state index contributed by atoms with van der Waals surface area (Å²) in [6.07, 6.45) is 4.07. The maximum Gasteiger partial charge on any atom is 0.312 e. The van der Waals surface area contributed by atoms with Gasteiger partial charge in [-0.2, -0.15) is 0 Å². The van der Waals surface area contributed by atoms with Crippen LogP contribution in [0, 0.1) is 17.8 Å². The Morgan fingerprint density at radius 1 is 1.10 bits per heavy atom. The summed E-state index contributed by atoms with van der Waals surface area (Å²) in [5.41, 5.74) is 0.998. The third kappa shape index (κ3) is 9.20. The molecule has 0 heterocycles. The first kappa shape index (κ1) is 26.1. The van der Waals surface area contributed by atoms with Gasteiger partial charge in [0.15, 0.2) is 5.78 Å². The van der Waals surface area contributed by atoms with E-state index in [0.717, 1.165) is 11.3 Å². The molecule has 31 heavy (non-hydrogen) atoms. The summed E-state index contributed by atoms with van der Waals surface area (Å²) in [5.74, 6) is -1.00. The lowest BCUT2D eigenvalue weighted by Gasteiger charge is -2.23. The summed E-state index contributed by atoms with van der Waals surface area (Å²) < 4.78 is 10.2. The predicted molar refractivity (Wildman–Crippen MR) is 122 cm³/mol. The molecule has 6 heteroatoms. The third-order valence-corrected chi connectivity index (χ3v) is 4.90. The molecule has 3 atom stereocenters. The zero-order chi connectivity index (χ0) is 23.4. The Bertz CT molecular complexity index is 754. The lowest BCUT2D eigenvalue weighted by molar-refractivity contribution is -0.145. The van der Waals surface area contributed by atoms with Gasteiger partial charge in [-0.3, -0.25) is 14.4 Å². The van der Waals surface area contributed by atoms with Gasteiger partial charge in [0, 0.05) is 12.3 Å². The van der Waals surface area contributed by atoms with Crippen LogP contribution in [0.15, 0.2) is 49.6 Å². The number of nitrogens with one attached hydrogen (secondary N) is 1. The van der Waals surface area contributed by atoms with Crippen molar-refractivity contribution in [2.24, 2.45) is 17.8 Å². The largest absolute Gasteiger partial charge is 0.490 e. The van der Waals surface area contributed by atoms with Crippen LogP contribution in [0.25, 0.3) is 0 Å². The normalized spacial score (nSPS) is 13.6. The summed E-state index contributed by atoms with van der Waals surface area (Å²) in [6, 6.07) is 6.90. The number of benzene rings is 1. The fourth-order valence-corrected chi connectivity index (χ4v) is 3.15. The summed E-state index contributed by atoms with van der Waals surface area (Å²) in [6.45, 7) is 13.5. The van der Waals surface area contributed by atoms with Crippen LogP contribution in [0.1, 0.15) is 39.2 Å². The van der Waals surface area contributed by atoms with Crippen LogP contribution in [0.4, 0.5) is 0 Å². The molecule has 1 aromatic carbocycles. The van der Waals surface area contributed by atoms with E-state index >= 15 is 0 Å². The first-order valence-corrected chi connectivity index (χ1v) is 10.6. The molecule has 0 bridgehead atoms. The molecule has 1 N–H and O–H groups in total. The molecule has 0 aromatic heterocycles. The summed E-state index contributed by atoms with van der Waals surface area (Å²) in [5, 5.41) is 2.88. The van der Waals surface area contributed by atoms with Crippen LogP contribution in [0.5, 0.6) is 5.75 Å². The quantitative estimate of drug-likeness (QED) is 0.358. The molecule has 0 aliphatic heterocycles. The number of carbonyl (C=O) groups is 3. The van der Waals surface area contributed by atoms with Gasteiger partial charge in [-0.25, -0.2) is 0 Å². The zero-order valence-corrected chi connectivity index (χ0v) is 19.1. The van der Waals surface area contributed by atoms with Gasteiger partial charge in [0.1, 0.15) is 12.4 Å². The topological polar surface area (TPSA) is 81.7 Å². The second-order valence-electron chi connectivity index (χ2n) is 8.08. The number of rotatable bonds is 14. The number of hydrogen-bond donors (Lipinski definition) is 1. The van der Waals surface area contributed by atoms with Gasteiger partial charge in [0.2, 0.25) is 5.91 Å². The average molecular weight is 430 g/mol. The Morgan fingerprint density at radius 3 is 2.26 bits per heavy atom. The van der Waals surface area contributed by atoms with Crippen molar-refractivity contribution in [3.05, 3.63) is 55.1 Å². The van der Waals surface area contributed by atoms with E-state index in [1.54, 1.807) is 6.08 Å². The highest BCUT2D eigenvalue weighted by Crippen LogP contribution is 2.17. The highest BCUT2D eigenvalue weighted by atomic mass is 16.5. The second-order valence-corrected chi connectivity index (χ2v) is 8.08. The first-order chi connectivity index (χ1) is 14.7. The Kier molecular flexibility index (Phi) is 11.3. The maximum absolute atomic E-state index is 12.8. The van der Waals surface area contributed by atoms with Crippen molar-refractivity contribution in [2.75, 3.05) is 13.7 Å². The summed E-state index contributed by atoms with van der Waals surface area (Å²) in [4.78, 5) is 37.4. The van der Waals surface area contributed by atoms with E-state index in [-0.39, 0.29) is 29.9 Å². The molecule has 0 spiro atoms. The van der Waals surface area contributed by atoms with Crippen molar-refractivity contribution in [2.45, 2.75) is 46.1 Å². The average Bonchev–Trinajstić information content (AvgIpc) is 2.75. The van der Waals surface area contributed by atoms with Gasteiger partial charge in [-0.1, -0.05) is 51.6 Å². The van der Waals surface area contributed by atoms with Crippen molar-refractivity contribution < 1.29 is 23.9 Å². The van der Waals surface area contributed by atoms with Crippen LogP contribution in [-0.4, -0.2) is 37.4 Å². The number of hydrogen-bond acceptors (Lipinski definition) is 5. The molecule has 1 aromatic rings. The molecule has 170 valence electrons. The van der Waals surface area contributed by atoms with E-state index in [0.29, 0.717) is 19.4 Å². The fourth-order valence-electron chi connectivity index (χ4n) is 3.15. The Balaban J connectivity index is 2.76. The summed E-state index contributed by atoms with van der Waals surface area (Å²) >= 11 is 0. The molecular weight excluding hydrogens is 394 g/mol. The molecule has 0 saturated carbocycles. The van der Waals surface area contributed by atoms with E-state index in [9.17, 15) is 14.4 Å². The standard InChI is InChI=1S/C25H35NO5/c1-7-13-31-21-11-9-19(10-12-21)15-18(5)24(28)26-22(14-17(3)4)23(27)16-20(8-2)25(29)30-6/h7-12,17-18,20,22H,1-2,13-16H2,3-6H3,(H,26,28)/t18-,20+,22-/m0/s1. The number of amides is 1. The fraction of sp³-hybridized carbons (Fsp3) is 0.480. The van der Waals surface area contributed by atoms with Crippen molar-refractivity contribution in [1.29, 1.82) is 0 Å². The van der Waals surface area contributed by atoms with E-state index in [1.807, 2.05) is 45.0 Å². The van der Waals surface area contributed by atoms with Crippen molar-refractivity contribution in [3.8, 4) is 5.75 Å². The van der Waals surface area contributed by atoms with Crippen LogP contribution < -0.4 is 10.1 Å². The third-order valence-electron chi connectivity index (χ3n) is 4.90. The Morgan fingerprint density at radius 2 is 1.74 bits per heavy atom. The molecule has 0 radical (unpaired) electrons. The molecule has 0 saturated heterocycles. The lowest BCUT2D eigenvalue weighted by atomic mass is 9.92. The van der Waals surface area contributed by atoms with Crippen LogP contribution in [0.3, 0.4) is 0 Å². The Labute approximate surface area is 185 Å². The zero-order valence-electron chi connectivity index (χ0n) is 19.1. The number of methoxy groups -OCH3 is 1. The van der Waals surface area contributed by atoms with E-state index in [4.69, 9.17) is 9.47 Å². The first-order valence-electron chi connectivity index (χ1n) is 10.6. The molecule has 0 aliphatic rings. The van der Waals surface area contributed by atoms with E-state index in [1.165, 1.54) is 13.2 Å². The Hall–Kier alpha value is -2.89. The van der Waals surface area contributed by atoms with Crippen molar-refractivity contribution in [3.63, 3.8) is 0 Å². The van der Waals surface area contributed by atoms with Gasteiger partial charge in [0.25, 0.3) is 0 Å². The van der Waals surface area contributed by atoms with Gasteiger partial charge in [-0.05, 0) is 36.5 Å². The maximum atomic E-state index is 12.8. The molecule has 0 unspecified atom stereocenters. The van der Waals surface area contributed by atoms with Crippen LogP contribution in [-0.2, 0) is 25.5 Å². The van der Waals surface area contributed by atoms with Crippen LogP contribution in [0.2, 0.25) is 0 Å². The lowest BCUT2D eigenvalue weighted by Crippen LogP contribution is -2.45. The minimum Gasteiger partial charge on any atom is -0.490 e. The summed E-state index contributed by atoms with van der Waals surface area (Å²) in [7, 11) is 1.27. The number of esters is 1. The second kappa shape index (κ2) is 13.4. The monoisotopic (exact) mass is 429 g/mol. The molecule has 0 fully saturated rings. The van der Waals surface area contributed by atoms with Gasteiger partial charge < -0.3 is 14.8 Å². The number of carbonyl (C=O) groups excluding carboxylic acids is 3. The molecule has 0 aliphatic carbocycles. The van der Waals surface area contributed by atoms with Crippen LogP contribution >= 0.6 is 0 Å². The number of ether oxygens (including phenoxy) is 2.